The predicted molar refractivity (Wildman–Crippen MR) is 78.3 cm³/mol. The quantitative estimate of drug-likeness (QED) is 0.554. The lowest BCUT2D eigenvalue weighted by Crippen LogP contribution is -2.62. The summed E-state index contributed by atoms with van der Waals surface area (Å²) < 4.78 is 58.1. The molecular weight excluding hydrogens is 318 g/mol. The minimum absolute atomic E-state index is 0.175. The maximum Gasteiger partial charge on any atom is 0.444 e. The van der Waals surface area contributed by atoms with Crippen molar-refractivity contribution in [2.45, 2.75) is 39.0 Å². The van der Waals surface area contributed by atoms with Gasteiger partial charge >= 0.3 is 15.5 Å². The summed E-state index contributed by atoms with van der Waals surface area (Å²) in [7, 11) is -8.69. The molecule has 1 unspecified atom stereocenters. The van der Waals surface area contributed by atoms with Crippen molar-refractivity contribution in [2.75, 3.05) is 13.1 Å². The lowest BCUT2D eigenvalue weighted by molar-refractivity contribution is -0.693. The van der Waals surface area contributed by atoms with Crippen LogP contribution in [0, 0.1) is 0 Å². The van der Waals surface area contributed by atoms with Gasteiger partial charge in [0.15, 0.2) is 5.70 Å². The Morgan fingerprint density at radius 1 is 1.14 bits per heavy atom. The summed E-state index contributed by atoms with van der Waals surface area (Å²) in [4.78, 5) is 4.06. The first-order valence-electron chi connectivity index (χ1n) is 6.60. The zero-order chi connectivity index (χ0) is 16.2. The van der Waals surface area contributed by atoms with Gasteiger partial charge in [-0.3, -0.25) is 0 Å². The SMILES string of the molecule is CC(C)[N+]1(S(=O)(=O)O)C(S(=O)(=O)C(C)C)=NC2=C1CNC2. The molecule has 2 rings (SSSR count). The van der Waals surface area contributed by atoms with Crippen molar-refractivity contribution in [2.24, 2.45) is 4.99 Å². The zero-order valence-electron chi connectivity index (χ0n) is 12.4. The van der Waals surface area contributed by atoms with Crippen LogP contribution in [0.2, 0.25) is 0 Å². The largest absolute Gasteiger partial charge is 0.444 e. The fraction of sp³-hybridized carbons (Fsp3) is 0.727. The molecule has 120 valence electrons. The van der Waals surface area contributed by atoms with E-state index in [0.717, 1.165) is 0 Å². The number of hydrogen-bond donors (Lipinski definition) is 2. The van der Waals surface area contributed by atoms with Gasteiger partial charge in [0.1, 0.15) is 11.7 Å². The Bertz CT molecular complexity index is 734. The molecule has 0 radical (unpaired) electrons. The molecule has 0 fully saturated rings. The Hall–Kier alpha value is -0.810. The molecule has 2 aliphatic rings. The van der Waals surface area contributed by atoms with E-state index in [1.807, 2.05) is 0 Å². The highest BCUT2D eigenvalue weighted by Crippen LogP contribution is 2.40. The van der Waals surface area contributed by atoms with Crippen molar-refractivity contribution >= 4 is 25.3 Å². The average Bonchev–Trinajstić information content (AvgIpc) is 2.84. The Morgan fingerprint density at radius 3 is 2.14 bits per heavy atom. The normalized spacial score (nSPS) is 26.7. The molecule has 0 aromatic carbocycles. The molecule has 2 N–H and O–H groups in total. The summed E-state index contributed by atoms with van der Waals surface area (Å²) in [5.41, 5.74) is 0.660. The van der Waals surface area contributed by atoms with Gasteiger partial charge < -0.3 is 5.32 Å². The monoisotopic (exact) mass is 338 g/mol. The summed E-state index contributed by atoms with van der Waals surface area (Å²) in [6.45, 7) is 6.47. The smallest absolute Gasteiger partial charge is 0.302 e. The third kappa shape index (κ3) is 2.08. The maximum atomic E-state index is 12.6. The number of amidine groups is 1. The highest BCUT2D eigenvalue weighted by atomic mass is 32.2. The van der Waals surface area contributed by atoms with E-state index in [2.05, 4.69) is 10.3 Å². The van der Waals surface area contributed by atoms with Gasteiger partial charge in [0.05, 0.1) is 11.8 Å². The molecule has 0 aliphatic carbocycles. The van der Waals surface area contributed by atoms with E-state index in [-0.39, 0.29) is 18.8 Å². The molecule has 10 heteroatoms. The second kappa shape index (κ2) is 4.85. The Kier molecular flexibility index (Phi) is 3.82. The minimum Gasteiger partial charge on any atom is -0.302 e. The van der Waals surface area contributed by atoms with Crippen LogP contribution in [0.15, 0.2) is 16.4 Å². The first kappa shape index (κ1) is 16.6. The fourth-order valence-electron chi connectivity index (χ4n) is 2.72. The molecule has 2 heterocycles. The molecule has 8 nitrogen and oxygen atoms in total. The van der Waals surface area contributed by atoms with Gasteiger partial charge in [0, 0.05) is 6.54 Å². The zero-order valence-corrected chi connectivity index (χ0v) is 14.0. The first-order valence-corrected chi connectivity index (χ1v) is 9.54. The van der Waals surface area contributed by atoms with Gasteiger partial charge in [-0.25, -0.2) is 13.0 Å². The molecule has 0 spiro atoms. The van der Waals surface area contributed by atoms with Crippen LogP contribution in [-0.4, -0.2) is 54.8 Å². The van der Waals surface area contributed by atoms with Crippen molar-refractivity contribution in [3.63, 3.8) is 0 Å². The number of nitrogens with one attached hydrogen (secondary N) is 1. The van der Waals surface area contributed by atoms with Crippen LogP contribution < -0.4 is 5.32 Å². The molecule has 0 saturated heterocycles. The molecule has 21 heavy (non-hydrogen) atoms. The molecular formula is C11H20N3O5S2+. The minimum atomic E-state index is -4.75. The van der Waals surface area contributed by atoms with Crippen molar-refractivity contribution in [3.05, 3.63) is 11.4 Å². The van der Waals surface area contributed by atoms with Gasteiger partial charge in [-0.05, 0) is 27.7 Å². The van der Waals surface area contributed by atoms with Gasteiger partial charge in [-0.1, -0.05) is 0 Å². The predicted octanol–water partition coefficient (Wildman–Crippen LogP) is 0.0220. The van der Waals surface area contributed by atoms with Crippen LogP contribution in [0.5, 0.6) is 0 Å². The van der Waals surface area contributed by atoms with Crippen LogP contribution in [0.1, 0.15) is 27.7 Å². The average molecular weight is 338 g/mol. The van der Waals surface area contributed by atoms with Gasteiger partial charge in [-0.2, -0.15) is 4.99 Å². The lowest BCUT2D eigenvalue weighted by atomic mass is 10.3. The number of nitrogens with zero attached hydrogens (tertiary/aromatic N) is 2. The highest BCUT2D eigenvalue weighted by molar-refractivity contribution is 8.07. The summed E-state index contributed by atoms with van der Waals surface area (Å²) in [5.74, 6) is 0. The summed E-state index contributed by atoms with van der Waals surface area (Å²) in [6, 6.07) is -0.723. The highest BCUT2D eigenvalue weighted by Gasteiger charge is 2.63. The second-order valence-corrected chi connectivity index (χ2v) is 9.55. The van der Waals surface area contributed by atoms with E-state index in [4.69, 9.17) is 0 Å². The van der Waals surface area contributed by atoms with Gasteiger partial charge in [-0.15, -0.1) is 12.3 Å². The first-order chi connectivity index (χ1) is 9.47. The van der Waals surface area contributed by atoms with Gasteiger partial charge in [0.25, 0.3) is 9.84 Å². The number of hydrogen-bond acceptors (Lipinski definition) is 6. The number of sulfone groups is 1. The summed E-state index contributed by atoms with van der Waals surface area (Å²) in [6.07, 6.45) is 0. The Labute approximate surface area is 124 Å². The summed E-state index contributed by atoms with van der Waals surface area (Å²) >= 11 is 0. The number of rotatable bonds is 3. The van der Waals surface area contributed by atoms with Crippen LogP contribution in [0.4, 0.5) is 0 Å². The standard InChI is InChI=1S/C11H19N3O5S2/c1-7(2)14(21(17,18)19)10-6-12-5-9(10)13-11(14)20(15,16)8(3)4/h7-8,12H,5-6H2,1-4H3/p+1. The van der Waals surface area contributed by atoms with Crippen LogP contribution in [0.3, 0.4) is 0 Å². The third-order valence-corrected chi connectivity index (χ3v) is 7.59. The molecule has 0 amide bonds. The molecule has 0 aromatic heterocycles. The van der Waals surface area contributed by atoms with Crippen molar-refractivity contribution in [3.8, 4) is 0 Å². The molecule has 0 aromatic rings. The van der Waals surface area contributed by atoms with E-state index in [0.29, 0.717) is 5.70 Å². The van der Waals surface area contributed by atoms with E-state index in [1.165, 1.54) is 13.8 Å². The van der Waals surface area contributed by atoms with Crippen molar-refractivity contribution in [1.82, 2.24) is 5.32 Å². The fourth-order valence-corrected chi connectivity index (χ4v) is 5.89. The number of quaternary nitrogens is 1. The maximum absolute atomic E-state index is 12.6. The number of aliphatic imine (C=N–C) groups is 1. The second-order valence-electron chi connectivity index (χ2n) is 5.68. The lowest BCUT2D eigenvalue weighted by Gasteiger charge is -2.34. The van der Waals surface area contributed by atoms with Crippen LogP contribution in [0.25, 0.3) is 0 Å². The Balaban J connectivity index is 2.84. The van der Waals surface area contributed by atoms with Crippen LogP contribution in [-0.2, 0) is 20.1 Å². The van der Waals surface area contributed by atoms with Crippen molar-refractivity contribution in [1.29, 1.82) is 0 Å². The van der Waals surface area contributed by atoms with Crippen LogP contribution >= 0.6 is 0 Å². The van der Waals surface area contributed by atoms with E-state index >= 15 is 0 Å². The molecule has 0 bridgehead atoms. The summed E-state index contributed by atoms with van der Waals surface area (Å²) in [5, 5.41) is 1.61. The van der Waals surface area contributed by atoms with E-state index < -0.39 is 40.5 Å². The van der Waals surface area contributed by atoms with E-state index in [9.17, 15) is 21.4 Å². The topological polar surface area (TPSA) is 113 Å². The van der Waals surface area contributed by atoms with E-state index in [1.54, 1.807) is 13.8 Å². The van der Waals surface area contributed by atoms with Crippen molar-refractivity contribution < 1.29 is 25.3 Å². The Morgan fingerprint density at radius 2 is 1.71 bits per heavy atom. The molecule has 0 saturated carbocycles. The third-order valence-electron chi connectivity index (χ3n) is 3.80. The molecule has 1 atom stereocenters. The van der Waals surface area contributed by atoms with Gasteiger partial charge in [0.2, 0.25) is 0 Å². The molecule has 2 aliphatic heterocycles.